The highest BCUT2D eigenvalue weighted by molar-refractivity contribution is 5.87. The lowest BCUT2D eigenvalue weighted by Crippen LogP contribution is -2.35. The number of rotatable bonds is 3. The molecule has 1 saturated heterocycles. The zero-order chi connectivity index (χ0) is 14.8. The average molecular weight is 284 g/mol. The van der Waals surface area contributed by atoms with Crippen molar-refractivity contribution < 1.29 is 4.74 Å². The van der Waals surface area contributed by atoms with Crippen LogP contribution in [0.4, 0.5) is 0 Å². The predicted octanol–water partition coefficient (Wildman–Crippen LogP) is 3.83. The minimum Gasteiger partial charge on any atom is -0.474 e. The van der Waals surface area contributed by atoms with Crippen LogP contribution in [0, 0.1) is 0 Å². The summed E-state index contributed by atoms with van der Waals surface area (Å²) in [6, 6.07) is 8.67. The Morgan fingerprint density at radius 1 is 1.19 bits per heavy atom. The van der Waals surface area contributed by atoms with Crippen molar-refractivity contribution in [2.24, 2.45) is 0 Å². The molecule has 0 N–H and O–H groups in total. The van der Waals surface area contributed by atoms with Gasteiger partial charge in [-0.15, -0.1) is 0 Å². The number of likely N-dealkylation sites (tertiary alicyclic amines) is 1. The summed E-state index contributed by atoms with van der Waals surface area (Å²) in [5.74, 6) is 1.32. The normalized spacial score (nSPS) is 17.5. The third-order valence-corrected chi connectivity index (χ3v) is 4.36. The highest BCUT2D eigenvalue weighted by atomic mass is 16.5. The quantitative estimate of drug-likeness (QED) is 0.856. The van der Waals surface area contributed by atoms with E-state index in [9.17, 15) is 0 Å². The number of nitrogens with zero attached hydrogens (tertiary/aromatic N) is 2. The summed E-state index contributed by atoms with van der Waals surface area (Å²) >= 11 is 0. The number of hydrogen-bond acceptors (Lipinski definition) is 3. The van der Waals surface area contributed by atoms with Crippen LogP contribution in [-0.2, 0) is 0 Å². The van der Waals surface area contributed by atoms with Crippen molar-refractivity contribution in [2.45, 2.75) is 38.7 Å². The van der Waals surface area contributed by atoms with E-state index in [1.165, 1.54) is 10.9 Å². The lowest BCUT2D eigenvalue weighted by atomic mass is 10.00. The molecule has 1 aromatic heterocycles. The summed E-state index contributed by atoms with van der Waals surface area (Å²) in [6.45, 7) is 6.64. The molecule has 2 aromatic rings. The standard InChI is InChI=1S/C18H24N2O/c1-13(2)15-5-4-14-6-9-19-18(17(14)12-15)21-16-7-10-20(3)11-8-16/h4-6,9,12-13,16H,7-8,10-11H2,1-3H3. The Kier molecular flexibility index (Phi) is 4.11. The minimum absolute atomic E-state index is 0.294. The van der Waals surface area contributed by atoms with Crippen molar-refractivity contribution >= 4 is 10.8 Å². The lowest BCUT2D eigenvalue weighted by Gasteiger charge is -2.29. The van der Waals surface area contributed by atoms with Gasteiger partial charge in [-0.25, -0.2) is 4.98 Å². The molecule has 1 aliphatic rings. The largest absolute Gasteiger partial charge is 0.474 e. The predicted molar refractivity (Wildman–Crippen MR) is 87.0 cm³/mol. The van der Waals surface area contributed by atoms with E-state index in [0.717, 1.165) is 37.2 Å². The molecule has 0 spiro atoms. The number of pyridine rings is 1. The van der Waals surface area contributed by atoms with Crippen LogP contribution in [0.2, 0.25) is 0 Å². The third kappa shape index (κ3) is 3.18. The summed E-state index contributed by atoms with van der Waals surface area (Å²) in [7, 11) is 2.17. The van der Waals surface area contributed by atoms with Crippen LogP contribution in [0.3, 0.4) is 0 Å². The van der Waals surface area contributed by atoms with Crippen molar-refractivity contribution in [3.63, 3.8) is 0 Å². The SMILES string of the molecule is CC(C)c1ccc2ccnc(OC3CCN(C)CC3)c2c1. The molecule has 0 unspecified atom stereocenters. The van der Waals surface area contributed by atoms with Gasteiger partial charge in [0, 0.05) is 24.7 Å². The van der Waals surface area contributed by atoms with Crippen molar-refractivity contribution in [1.82, 2.24) is 9.88 Å². The zero-order valence-corrected chi connectivity index (χ0v) is 13.2. The average Bonchev–Trinajstić information content (AvgIpc) is 2.49. The van der Waals surface area contributed by atoms with E-state index in [2.05, 4.69) is 55.0 Å². The van der Waals surface area contributed by atoms with Gasteiger partial charge in [0.2, 0.25) is 5.88 Å². The van der Waals surface area contributed by atoms with Crippen molar-refractivity contribution in [3.8, 4) is 5.88 Å². The van der Waals surface area contributed by atoms with Crippen molar-refractivity contribution in [2.75, 3.05) is 20.1 Å². The van der Waals surface area contributed by atoms with Crippen LogP contribution in [-0.4, -0.2) is 36.1 Å². The maximum atomic E-state index is 6.21. The number of fused-ring (bicyclic) bond motifs is 1. The Labute approximate surface area is 126 Å². The highest BCUT2D eigenvalue weighted by Crippen LogP contribution is 2.28. The second-order valence-electron chi connectivity index (χ2n) is 6.37. The van der Waals surface area contributed by atoms with Gasteiger partial charge >= 0.3 is 0 Å². The Morgan fingerprint density at radius 3 is 2.67 bits per heavy atom. The molecule has 112 valence electrons. The molecule has 0 radical (unpaired) electrons. The van der Waals surface area contributed by atoms with Gasteiger partial charge in [0.1, 0.15) is 6.10 Å². The Balaban J connectivity index is 1.88. The molecular weight excluding hydrogens is 260 g/mol. The first-order valence-corrected chi connectivity index (χ1v) is 7.87. The first-order valence-electron chi connectivity index (χ1n) is 7.87. The van der Waals surface area contributed by atoms with Gasteiger partial charge in [-0.05, 0) is 48.9 Å². The molecule has 1 fully saturated rings. The monoisotopic (exact) mass is 284 g/mol. The summed E-state index contributed by atoms with van der Waals surface area (Å²) in [6.07, 6.45) is 4.31. The molecule has 1 aromatic carbocycles. The molecule has 0 saturated carbocycles. The van der Waals surface area contributed by atoms with E-state index in [0.29, 0.717) is 12.0 Å². The van der Waals surface area contributed by atoms with E-state index in [4.69, 9.17) is 4.74 Å². The molecule has 3 rings (SSSR count). The van der Waals surface area contributed by atoms with E-state index in [1.54, 1.807) is 0 Å². The Morgan fingerprint density at radius 2 is 1.95 bits per heavy atom. The molecule has 0 aliphatic carbocycles. The molecule has 0 amide bonds. The van der Waals surface area contributed by atoms with Gasteiger partial charge in [0.25, 0.3) is 0 Å². The number of hydrogen-bond donors (Lipinski definition) is 0. The molecule has 0 atom stereocenters. The molecular formula is C18H24N2O. The molecule has 3 heteroatoms. The van der Waals surface area contributed by atoms with Gasteiger partial charge in [-0.3, -0.25) is 0 Å². The van der Waals surface area contributed by atoms with Crippen LogP contribution < -0.4 is 4.74 Å². The van der Waals surface area contributed by atoms with Crippen LogP contribution >= 0.6 is 0 Å². The maximum absolute atomic E-state index is 6.21. The first kappa shape index (κ1) is 14.3. The molecule has 1 aliphatic heterocycles. The van der Waals surface area contributed by atoms with Crippen molar-refractivity contribution in [1.29, 1.82) is 0 Å². The topological polar surface area (TPSA) is 25.4 Å². The van der Waals surface area contributed by atoms with E-state index in [-0.39, 0.29) is 0 Å². The van der Waals surface area contributed by atoms with E-state index >= 15 is 0 Å². The van der Waals surface area contributed by atoms with Gasteiger partial charge in [0.05, 0.1) is 0 Å². The van der Waals surface area contributed by atoms with Crippen LogP contribution in [0.5, 0.6) is 5.88 Å². The lowest BCUT2D eigenvalue weighted by molar-refractivity contribution is 0.111. The summed E-state index contributed by atoms with van der Waals surface area (Å²) in [5, 5.41) is 2.35. The summed E-state index contributed by atoms with van der Waals surface area (Å²) in [4.78, 5) is 6.84. The Hall–Kier alpha value is -1.61. The van der Waals surface area contributed by atoms with E-state index in [1.807, 2.05) is 6.20 Å². The Bertz CT molecular complexity index is 616. The molecule has 21 heavy (non-hydrogen) atoms. The molecule has 2 heterocycles. The first-order chi connectivity index (χ1) is 10.1. The minimum atomic E-state index is 0.294. The fourth-order valence-electron chi connectivity index (χ4n) is 2.87. The number of benzene rings is 1. The van der Waals surface area contributed by atoms with Crippen LogP contribution in [0.1, 0.15) is 38.2 Å². The molecule has 3 nitrogen and oxygen atoms in total. The summed E-state index contributed by atoms with van der Waals surface area (Å²) < 4.78 is 6.21. The number of piperidine rings is 1. The third-order valence-electron chi connectivity index (χ3n) is 4.36. The number of aromatic nitrogens is 1. The second kappa shape index (κ2) is 6.02. The van der Waals surface area contributed by atoms with Crippen LogP contribution in [0.15, 0.2) is 30.5 Å². The van der Waals surface area contributed by atoms with Gasteiger partial charge in [-0.2, -0.15) is 0 Å². The van der Waals surface area contributed by atoms with Gasteiger partial charge < -0.3 is 9.64 Å². The summed E-state index contributed by atoms with van der Waals surface area (Å²) in [5.41, 5.74) is 1.34. The van der Waals surface area contributed by atoms with E-state index < -0.39 is 0 Å². The van der Waals surface area contributed by atoms with Crippen molar-refractivity contribution in [3.05, 3.63) is 36.0 Å². The molecule has 0 bridgehead atoms. The van der Waals surface area contributed by atoms with Gasteiger partial charge in [-0.1, -0.05) is 26.0 Å². The fourth-order valence-corrected chi connectivity index (χ4v) is 2.87. The fraction of sp³-hybridized carbons (Fsp3) is 0.500. The smallest absolute Gasteiger partial charge is 0.221 e. The van der Waals surface area contributed by atoms with Gasteiger partial charge in [0.15, 0.2) is 0 Å². The second-order valence-corrected chi connectivity index (χ2v) is 6.37. The van der Waals surface area contributed by atoms with Crippen LogP contribution in [0.25, 0.3) is 10.8 Å². The maximum Gasteiger partial charge on any atom is 0.221 e. The highest BCUT2D eigenvalue weighted by Gasteiger charge is 2.19. The zero-order valence-electron chi connectivity index (χ0n) is 13.2. The number of ether oxygens (including phenoxy) is 1.